The summed E-state index contributed by atoms with van der Waals surface area (Å²) in [7, 11) is 0. The fourth-order valence-electron chi connectivity index (χ4n) is 1.67. The van der Waals surface area contributed by atoms with E-state index in [9.17, 15) is 0 Å². The summed E-state index contributed by atoms with van der Waals surface area (Å²) in [4.78, 5) is 4.28. The third-order valence-corrected chi connectivity index (χ3v) is 2.65. The van der Waals surface area contributed by atoms with Crippen LogP contribution >= 0.6 is 0 Å². The van der Waals surface area contributed by atoms with Crippen molar-refractivity contribution in [1.29, 1.82) is 0 Å². The zero-order valence-corrected chi connectivity index (χ0v) is 10.0. The molecular formula is C12H12N4O2. The Morgan fingerprint density at radius 2 is 2.11 bits per heavy atom. The van der Waals surface area contributed by atoms with Gasteiger partial charge in [0.15, 0.2) is 5.58 Å². The van der Waals surface area contributed by atoms with E-state index in [2.05, 4.69) is 34.3 Å². The van der Waals surface area contributed by atoms with Crippen LogP contribution in [-0.2, 0) is 0 Å². The average Bonchev–Trinajstić information content (AvgIpc) is 2.96. The van der Waals surface area contributed by atoms with Crippen LogP contribution in [0.5, 0.6) is 0 Å². The highest BCUT2D eigenvalue weighted by Gasteiger charge is 2.09. The Kier molecular flexibility index (Phi) is 2.47. The molecule has 0 amide bonds. The molecule has 1 N–H and O–H groups in total. The maximum atomic E-state index is 5.58. The van der Waals surface area contributed by atoms with Gasteiger partial charge in [-0.1, -0.05) is 25.0 Å². The van der Waals surface area contributed by atoms with Crippen molar-refractivity contribution in [2.45, 2.75) is 19.8 Å². The third kappa shape index (κ3) is 1.92. The van der Waals surface area contributed by atoms with Crippen molar-refractivity contribution in [3.63, 3.8) is 0 Å². The smallest absolute Gasteiger partial charge is 0.323 e. The molecule has 2 aromatic heterocycles. The predicted molar refractivity (Wildman–Crippen MR) is 65.7 cm³/mol. The first kappa shape index (κ1) is 10.8. The van der Waals surface area contributed by atoms with Crippen LogP contribution in [-0.4, -0.2) is 15.2 Å². The van der Waals surface area contributed by atoms with Crippen LogP contribution in [0, 0.1) is 0 Å². The van der Waals surface area contributed by atoms with E-state index < -0.39 is 0 Å². The normalized spacial score (nSPS) is 11.3. The van der Waals surface area contributed by atoms with Gasteiger partial charge in [-0.25, -0.2) is 0 Å². The van der Waals surface area contributed by atoms with Crippen molar-refractivity contribution in [2.75, 3.05) is 5.32 Å². The van der Waals surface area contributed by atoms with Gasteiger partial charge in [0, 0.05) is 0 Å². The van der Waals surface area contributed by atoms with E-state index in [1.807, 2.05) is 18.2 Å². The molecule has 0 unspecified atom stereocenters. The van der Waals surface area contributed by atoms with Gasteiger partial charge in [-0.2, -0.15) is 4.98 Å². The molecule has 0 fully saturated rings. The molecule has 6 nitrogen and oxygen atoms in total. The van der Waals surface area contributed by atoms with Crippen LogP contribution in [0.15, 0.2) is 33.4 Å². The van der Waals surface area contributed by atoms with Crippen molar-refractivity contribution in [3.8, 4) is 0 Å². The molecule has 18 heavy (non-hydrogen) atoms. The lowest BCUT2D eigenvalue weighted by molar-refractivity contribution is 0.559. The summed E-state index contributed by atoms with van der Waals surface area (Å²) in [6.45, 7) is 4.27. The fraction of sp³-hybridized carbons (Fsp3) is 0.250. The lowest BCUT2D eigenvalue weighted by atomic mass is 10.0. The molecular weight excluding hydrogens is 232 g/mol. The Balaban J connectivity index is 1.95. The summed E-state index contributed by atoms with van der Waals surface area (Å²) in [6.07, 6.45) is 1.24. The number of aromatic nitrogens is 3. The second kappa shape index (κ2) is 4.14. The van der Waals surface area contributed by atoms with Gasteiger partial charge in [-0.3, -0.25) is 5.32 Å². The maximum absolute atomic E-state index is 5.58. The fourth-order valence-corrected chi connectivity index (χ4v) is 1.67. The minimum atomic E-state index is 0.255. The van der Waals surface area contributed by atoms with Crippen LogP contribution in [0.4, 0.5) is 12.0 Å². The van der Waals surface area contributed by atoms with Gasteiger partial charge in [0.2, 0.25) is 6.39 Å². The van der Waals surface area contributed by atoms with Gasteiger partial charge in [0.05, 0.1) is 0 Å². The molecule has 0 saturated carbocycles. The standard InChI is InChI=1S/C12H12N4O2/c1-7(2)8-3-4-9-10(5-8)18-11(14-9)15-12-16-13-6-17-12/h3-7H,1-2H3,(H,14,15,16). The lowest BCUT2D eigenvalue weighted by Gasteiger charge is -2.02. The quantitative estimate of drug-likeness (QED) is 0.762. The Hall–Kier alpha value is -2.37. The predicted octanol–water partition coefficient (Wildman–Crippen LogP) is 3.08. The van der Waals surface area contributed by atoms with Crippen LogP contribution in [0.2, 0.25) is 0 Å². The third-order valence-electron chi connectivity index (χ3n) is 2.65. The van der Waals surface area contributed by atoms with Crippen molar-refractivity contribution >= 4 is 23.1 Å². The van der Waals surface area contributed by atoms with Crippen LogP contribution in [0.3, 0.4) is 0 Å². The van der Waals surface area contributed by atoms with E-state index in [1.165, 1.54) is 12.0 Å². The first-order valence-corrected chi connectivity index (χ1v) is 5.66. The van der Waals surface area contributed by atoms with Crippen LogP contribution < -0.4 is 5.32 Å². The van der Waals surface area contributed by atoms with Gasteiger partial charge >= 0.3 is 12.0 Å². The summed E-state index contributed by atoms with van der Waals surface area (Å²) in [6, 6.07) is 6.58. The summed E-state index contributed by atoms with van der Waals surface area (Å²) < 4.78 is 10.5. The molecule has 3 aromatic rings. The largest absolute Gasteiger partial charge is 0.423 e. The number of oxazole rings is 1. The monoisotopic (exact) mass is 244 g/mol. The number of rotatable bonds is 3. The van der Waals surface area contributed by atoms with E-state index in [0.29, 0.717) is 11.9 Å². The van der Waals surface area contributed by atoms with Gasteiger partial charge in [-0.05, 0) is 23.6 Å². The van der Waals surface area contributed by atoms with Gasteiger partial charge < -0.3 is 8.83 Å². The molecule has 0 aliphatic carbocycles. The van der Waals surface area contributed by atoms with Crippen molar-refractivity contribution in [2.24, 2.45) is 0 Å². The average molecular weight is 244 g/mol. The molecule has 6 heteroatoms. The van der Waals surface area contributed by atoms with E-state index in [1.54, 1.807) is 0 Å². The molecule has 0 bridgehead atoms. The number of nitrogens with one attached hydrogen (secondary N) is 1. The van der Waals surface area contributed by atoms with E-state index in [-0.39, 0.29) is 6.01 Å². The summed E-state index contributed by atoms with van der Waals surface area (Å²) in [5.74, 6) is 0.451. The molecule has 2 heterocycles. The summed E-state index contributed by atoms with van der Waals surface area (Å²) in [5.41, 5.74) is 2.74. The molecule has 0 atom stereocenters. The minimum absolute atomic E-state index is 0.255. The summed E-state index contributed by atoms with van der Waals surface area (Å²) >= 11 is 0. The number of hydrogen-bond donors (Lipinski definition) is 1. The Morgan fingerprint density at radius 3 is 2.83 bits per heavy atom. The van der Waals surface area contributed by atoms with Gasteiger partial charge in [0.1, 0.15) is 5.52 Å². The van der Waals surface area contributed by atoms with Crippen LogP contribution in [0.1, 0.15) is 25.3 Å². The number of anilines is 2. The highest BCUT2D eigenvalue weighted by atomic mass is 16.4. The second-order valence-corrected chi connectivity index (χ2v) is 4.27. The Bertz CT molecular complexity index is 658. The van der Waals surface area contributed by atoms with Crippen LogP contribution in [0.25, 0.3) is 11.1 Å². The lowest BCUT2D eigenvalue weighted by Crippen LogP contribution is -1.89. The number of hydrogen-bond acceptors (Lipinski definition) is 6. The molecule has 92 valence electrons. The topological polar surface area (TPSA) is 77.0 Å². The molecule has 3 rings (SSSR count). The molecule has 0 saturated heterocycles. The first-order valence-electron chi connectivity index (χ1n) is 5.66. The molecule has 0 aliphatic heterocycles. The van der Waals surface area contributed by atoms with E-state index in [0.717, 1.165) is 11.1 Å². The zero-order valence-electron chi connectivity index (χ0n) is 10.0. The maximum Gasteiger partial charge on any atom is 0.323 e. The molecule has 0 aliphatic rings. The number of fused-ring (bicyclic) bond motifs is 1. The Morgan fingerprint density at radius 1 is 1.22 bits per heavy atom. The molecule has 0 radical (unpaired) electrons. The number of benzene rings is 1. The SMILES string of the molecule is CC(C)c1ccc2nc(Nc3nnco3)oc2c1. The summed E-state index contributed by atoms with van der Waals surface area (Å²) in [5, 5.41) is 10.1. The molecule has 1 aromatic carbocycles. The molecule has 0 spiro atoms. The first-order chi connectivity index (χ1) is 8.72. The van der Waals surface area contributed by atoms with Crippen molar-refractivity contribution in [1.82, 2.24) is 15.2 Å². The minimum Gasteiger partial charge on any atom is -0.423 e. The van der Waals surface area contributed by atoms with E-state index in [4.69, 9.17) is 8.83 Å². The van der Waals surface area contributed by atoms with Gasteiger partial charge in [0.25, 0.3) is 0 Å². The highest BCUT2D eigenvalue weighted by molar-refractivity contribution is 5.75. The second-order valence-electron chi connectivity index (χ2n) is 4.27. The van der Waals surface area contributed by atoms with Gasteiger partial charge in [-0.15, -0.1) is 5.10 Å². The Labute approximate surface area is 103 Å². The van der Waals surface area contributed by atoms with Crippen molar-refractivity contribution < 1.29 is 8.83 Å². The van der Waals surface area contributed by atoms with Crippen molar-refractivity contribution in [3.05, 3.63) is 30.2 Å². The highest BCUT2D eigenvalue weighted by Crippen LogP contribution is 2.24. The number of nitrogens with zero attached hydrogens (tertiary/aromatic N) is 3. The zero-order chi connectivity index (χ0) is 12.5. The van der Waals surface area contributed by atoms with E-state index >= 15 is 0 Å².